The van der Waals surface area contributed by atoms with Crippen LogP contribution in [-0.2, 0) is 14.4 Å². The van der Waals surface area contributed by atoms with Gasteiger partial charge < -0.3 is 5.32 Å². The van der Waals surface area contributed by atoms with Gasteiger partial charge in [-0.05, 0) is 6.42 Å². The molecule has 0 aromatic heterocycles. The molecule has 0 aromatic rings. The van der Waals surface area contributed by atoms with Crippen LogP contribution in [0.4, 0.5) is 0 Å². The lowest BCUT2D eigenvalue weighted by Crippen LogP contribution is -2.37. The maximum absolute atomic E-state index is 11.4. The fourth-order valence-electron chi connectivity index (χ4n) is 1.88. The van der Waals surface area contributed by atoms with E-state index in [2.05, 4.69) is 5.32 Å². The minimum absolute atomic E-state index is 0.162. The third-order valence-electron chi connectivity index (χ3n) is 2.58. The number of ketones is 1. The third kappa shape index (κ3) is 1.19. The Labute approximate surface area is 80.7 Å². The Morgan fingerprint density at radius 2 is 2.36 bits per heavy atom. The van der Waals surface area contributed by atoms with Gasteiger partial charge in [0, 0.05) is 11.5 Å². The molecule has 0 radical (unpaired) electrons. The molecule has 1 aliphatic heterocycles. The molecule has 1 fully saturated rings. The minimum atomic E-state index is -0.656. The molecule has 2 rings (SSSR count). The van der Waals surface area contributed by atoms with Crippen LogP contribution in [0.5, 0.6) is 0 Å². The van der Waals surface area contributed by atoms with Gasteiger partial charge in [0.05, 0.1) is 0 Å². The van der Waals surface area contributed by atoms with Crippen molar-refractivity contribution in [1.82, 2.24) is 5.32 Å². The molecule has 0 bridgehead atoms. The number of allylic oxidation sites excluding steroid dienone is 3. The molecular weight excluding hydrogens is 182 g/mol. The van der Waals surface area contributed by atoms with Crippen LogP contribution in [0.1, 0.15) is 6.42 Å². The first-order valence-corrected chi connectivity index (χ1v) is 4.40. The van der Waals surface area contributed by atoms with E-state index in [1.165, 1.54) is 0 Å². The predicted molar refractivity (Wildman–Crippen MR) is 48.3 cm³/mol. The molecule has 1 amide bonds. The monoisotopic (exact) mass is 191 g/mol. The van der Waals surface area contributed by atoms with E-state index in [-0.39, 0.29) is 18.1 Å². The lowest BCUT2D eigenvalue weighted by Gasteiger charge is -2.15. The molecule has 1 aliphatic carbocycles. The summed E-state index contributed by atoms with van der Waals surface area (Å²) in [5.74, 6) is -0.952. The Hall–Kier alpha value is -1.71. The zero-order chi connectivity index (χ0) is 10.1. The van der Waals surface area contributed by atoms with Gasteiger partial charge >= 0.3 is 0 Å². The molecule has 1 N–H and O–H groups in total. The first-order chi connectivity index (χ1) is 6.74. The quantitative estimate of drug-likeness (QED) is 0.483. The van der Waals surface area contributed by atoms with Crippen LogP contribution in [-0.4, -0.2) is 24.0 Å². The maximum atomic E-state index is 11.4. The van der Waals surface area contributed by atoms with E-state index < -0.39 is 11.8 Å². The lowest BCUT2D eigenvalue weighted by molar-refractivity contribution is -0.132. The second-order valence-corrected chi connectivity index (χ2v) is 3.36. The van der Waals surface area contributed by atoms with Crippen molar-refractivity contribution >= 4 is 18.0 Å². The van der Waals surface area contributed by atoms with Gasteiger partial charge in [0.25, 0.3) is 0 Å². The van der Waals surface area contributed by atoms with Crippen molar-refractivity contribution < 1.29 is 14.4 Å². The second-order valence-electron chi connectivity index (χ2n) is 3.36. The summed E-state index contributed by atoms with van der Waals surface area (Å²) in [7, 11) is 0. The highest BCUT2D eigenvalue weighted by Gasteiger charge is 2.40. The standard InChI is InChI=1S/C10H9NO3/c12-5-8(13)9-6-3-1-2-4-7(6)10(14)11-9/h1-2,4-6,9H,3H2,(H,11,14). The van der Waals surface area contributed by atoms with Gasteiger partial charge in [-0.1, -0.05) is 18.2 Å². The summed E-state index contributed by atoms with van der Waals surface area (Å²) in [5.41, 5.74) is 0.604. The summed E-state index contributed by atoms with van der Waals surface area (Å²) in [6, 6.07) is -0.656. The van der Waals surface area contributed by atoms with Crippen LogP contribution in [0.15, 0.2) is 23.8 Å². The first kappa shape index (κ1) is 8.87. The van der Waals surface area contributed by atoms with Crippen molar-refractivity contribution in [1.29, 1.82) is 0 Å². The fraction of sp³-hybridized carbons (Fsp3) is 0.300. The van der Waals surface area contributed by atoms with Gasteiger partial charge in [-0.3, -0.25) is 14.4 Å². The number of amides is 1. The molecule has 1 saturated heterocycles. The number of carbonyl (C=O) groups is 3. The van der Waals surface area contributed by atoms with Gasteiger partial charge in [-0.15, -0.1) is 0 Å². The van der Waals surface area contributed by atoms with Gasteiger partial charge in [0.15, 0.2) is 6.29 Å². The SMILES string of the molecule is O=CC(=O)C1NC(=O)C2=CC=CCC21. The summed E-state index contributed by atoms with van der Waals surface area (Å²) in [5, 5.41) is 2.52. The Kier molecular flexibility index (Phi) is 2.04. The van der Waals surface area contributed by atoms with Crippen molar-refractivity contribution in [2.24, 2.45) is 5.92 Å². The summed E-state index contributed by atoms with van der Waals surface area (Å²) < 4.78 is 0. The van der Waals surface area contributed by atoms with Crippen molar-refractivity contribution in [3.05, 3.63) is 23.8 Å². The van der Waals surface area contributed by atoms with E-state index in [0.29, 0.717) is 12.0 Å². The fourth-order valence-corrected chi connectivity index (χ4v) is 1.88. The summed E-state index contributed by atoms with van der Waals surface area (Å²) in [6.45, 7) is 0. The molecule has 1 heterocycles. The van der Waals surface area contributed by atoms with E-state index in [1.54, 1.807) is 12.2 Å². The molecule has 14 heavy (non-hydrogen) atoms. The summed E-state index contributed by atoms with van der Waals surface area (Å²) >= 11 is 0. The molecule has 2 atom stereocenters. The van der Waals surface area contributed by atoms with Crippen LogP contribution in [0.25, 0.3) is 0 Å². The van der Waals surface area contributed by atoms with Crippen molar-refractivity contribution in [2.45, 2.75) is 12.5 Å². The van der Waals surface area contributed by atoms with Crippen molar-refractivity contribution in [3.63, 3.8) is 0 Å². The van der Waals surface area contributed by atoms with Crippen LogP contribution in [0.3, 0.4) is 0 Å². The topological polar surface area (TPSA) is 63.2 Å². The zero-order valence-electron chi connectivity index (χ0n) is 7.40. The first-order valence-electron chi connectivity index (χ1n) is 4.40. The van der Waals surface area contributed by atoms with E-state index in [0.717, 1.165) is 0 Å². The average Bonchev–Trinajstić information content (AvgIpc) is 2.56. The number of aldehydes is 1. The highest BCUT2D eigenvalue weighted by Crippen LogP contribution is 2.29. The largest absolute Gasteiger partial charge is 0.341 e. The highest BCUT2D eigenvalue weighted by molar-refractivity contribution is 6.29. The number of rotatable bonds is 2. The zero-order valence-corrected chi connectivity index (χ0v) is 7.40. The van der Waals surface area contributed by atoms with Crippen LogP contribution in [0.2, 0.25) is 0 Å². The predicted octanol–water partition coefficient (Wildman–Crippen LogP) is -0.245. The van der Waals surface area contributed by atoms with Gasteiger partial charge in [-0.2, -0.15) is 0 Å². The van der Waals surface area contributed by atoms with Crippen molar-refractivity contribution in [2.75, 3.05) is 0 Å². The van der Waals surface area contributed by atoms with E-state index in [4.69, 9.17) is 0 Å². The van der Waals surface area contributed by atoms with E-state index in [9.17, 15) is 14.4 Å². The van der Waals surface area contributed by atoms with Crippen LogP contribution >= 0.6 is 0 Å². The molecule has 2 aliphatic rings. The molecule has 0 saturated carbocycles. The molecule has 4 heteroatoms. The maximum Gasteiger partial charge on any atom is 0.248 e. The second kappa shape index (κ2) is 3.21. The Morgan fingerprint density at radius 3 is 3.07 bits per heavy atom. The average molecular weight is 191 g/mol. The molecule has 0 spiro atoms. The molecule has 72 valence electrons. The van der Waals surface area contributed by atoms with Gasteiger partial charge in [0.1, 0.15) is 6.04 Å². The number of hydrogen-bond acceptors (Lipinski definition) is 3. The Bertz CT molecular complexity index is 368. The number of carbonyl (C=O) groups excluding carboxylic acids is 3. The van der Waals surface area contributed by atoms with Crippen LogP contribution < -0.4 is 5.32 Å². The number of fused-ring (bicyclic) bond motifs is 1. The number of nitrogens with one attached hydrogen (secondary N) is 1. The van der Waals surface area contributed by atoms with Gasteiger partial charge in [-0.25, -0.2) is 0 Å². The van der Waals surface area contributed by atoms with Gasteiger partial charge in [0.2, 0.25) is 11.7 Å². The number of hydrogen-bond donors (Lipinski definition) is 1. The molecule has 2 unspecified atom stereocenters. The third-order valence-corrected chi connectivity index (χ3v) is 2.58. The van der Waals surface area contributed by atoms with Crippen molar-refractivity contribution in [3.8, 4) is 0 Å². The Morgan fingerprint density at radius 1 is 1.57 bits per heavy atom. The molecular formula is C10H9NO3. The minimum Gasteiger partial charge on any atom is -0.341 e. The smallest absolute Gasteiger partial charge is 0.248 e. The lowest BCUT2D eigenvalue weighted by atomic mass is 9.87. The number of Topliss-reactive ketones (excluding diaryl/α,β-unsaturated/α-hetero) is 1. The summed E-state index contributed by atoms with van der Waals surface area (Å²) in [6.07, 6.45) is 6.28. The highest BCUT2D eigenvalue weighted by atomic mass is 16.2. The molecule has 4 nitrogen and oxygen atoms in total. The normalized spacial score (nSPS) is 29.1. The Balaban J connectivity index is 2.30. The van der Waals surface area contributed by atoms with E-state index >= 15 is 0 Å². The van der Waals surface area contributed by atoms with E-state index in [1.807, 2.05) is 6.08 Å². The summed E-state index contributed by atoms with van der Waals surface area (Å²) in [4.78, 5) is 32.9. The molecule has 0 aromatic carbocycles. The van der Waals surface area contributed by atoms with Crippen LogP contribution in [0, 0.1) is 5.92 Å².